The van der Waals surface area contributed by atoms with Gasteiger partial charge in [0.25, 0.3) is 5.69 Å². The van der Waals surface area contributed by atoms with Gasteiger partial charge >= 0.3 is 0 Å². The fraction of sp³-hybridized carbons (Fsp3) is 0.250. The first-order valence-corrected chi connectivity index (χ1v) is 4.66. The van der Waals surface area contributed by atoms with Crippen molar-refractivity contribution in [2.75, 3.05) is 6.26 Å². The highest BCUT2D eigenvalue weighted by molar-refractivity contribution is 7.98. The highest BCUT2D eigenvalue weighted by Gasteiger charge is 2.06. The number of benzene rings is 1. The molecule has 1 aromatic rings. The fourth-order valence-electron chi connectivity index (χ4n) is 0.952. The Morgan fingerprint density at radius 1 is 1.42 bits per heavy atom. The number of non-ortho nitro benzene ring substituents is 1. The summed E-state index contributed by atoms with van der Waals surface area (Å²) in [6.45, 7) is 1.85. The van der Waals surface area contributed by atoms with Gasteiger partial charge in [0, 0.05) is 17.0 Å². The van der Waals surface area contributed by atoms with Gasteiger partial charge in [-0.3, -0.25) is 10.1 Å². The number of aryl methyl sites for hydroxylation is 1. The van der Waals surface area contributed by atoms with E-state index in [1.807, 2.05) is 19.2 Å². The molecule has 3 nitrogen and oxygen atoms in total. The van der Waals surface area contributed by atoms with Gasteiger partial charge in [-0.2, -0.15) is 0 Å². The summed E-state index contributed by atoms with van der Waals surface area (Å²) < 4.78 is 0. The predicted octanol–water partition coefficient (Wildman–Crippen LogP) is 2.63. The maximum atomic E-state index is 10.4. The van der Waals surface area contributed by atoms with Gasteiger partial charge in [-0.05, 0) is 24.8 Å². The van der Waals surface area contributed by atoms with Crippen molar-refractivity contribution in [3.05, 3.63) is 33.9 Å². The van der Waals surface area contributed by atoms with Crippen LogP contribution in [0.25, 0.3) is 0 Å². The molecule has 1 rings (SSSR count). The first-order valence-electron chi connectivity index (χ1n) is 3.43. The second-order valence-corrected chi connectivity index (χ2v) is 3.35. The predicted molar refractivity (Wildman–Crippen MR) is 49.6 cm³/mol. The topological polar surface area (TPSA) is 43.1 Å². The first-order chi connectivity index (χ1) is 5.63. The van der Waals surface area contributed by atoms with Gasteiger partial charge in [0.1, 0.15) is 0 Å². The van der Waals surface area contributed by atoms with Crippen molar-refractivity contribution in [1.82, 2.24) is 0 Å². The third-order valence-electron chi connectivity index (χ3n) is 1.48. The Balaban J connectivity index is 3.15. The number of nitro groups is 1. The Kier molecular flexibility index (Phi) is 2.70. The van der Waals surface area contributed by atoms with Crippen molar-refractivity contribution < 1.29 is 4.92 Å². The molecule has 1 aromatic carbocycles. The molecular formula is C8H9NO2S. The number of nitrogens with zero attached hydrogens (tertiary/aromatic N) is 1. The number of rotatable bonds is 2. The maximum Gasteiger partial charge on any atom is 0.270 e. The summed E-state index contributed by atoms with van der Waals surface area (Å²) in [5.74, 6) is 0. The molecule has 0 radical (unpaired) electrons. The second-order valence-electron chi connectivity index (χ2n) is 2.47. The zero-order valence-corrected chi connectivity index (χ0v) is 7.72. The van der Waals surface area contributed by atoms with Crippen LogP contribution in [0.2, 0.25) is 0 Å². The lowest BCUT2D eigenvalue weighted by molar-refractivity contribution is -0.385. The molecule has 0 spiro atoms. The lowest BCUT2D eigenvalue weighted by atomic mass is 10.2. The zero-order valence-electron chi connectivity index (χ0n) is 6.90. The van der Waals surface area contributed by atoms with Gasteiger partial charge in [0.15, 0.2) is 0 Å². The average Bonchev–Trinajstić information content (AvgIpc) is 2.03. The van der Waals surface area contributed by atoms with Crippen LogP contribution < -0.4 is 0 Å². The maximum absolute atomic E-state index is 10.4. The summed E-state index contributed by atoms with van der Waals surface area (Å²) in [7, 11) is 0. The lowest BCUT2D eigenvalue weighted by Crippen LogP contribution is -1.88. The van der Waals surface area contributed by atoms with Gasteiger partial charge in [-0.1, -0.05) is 0 Å². The van der Waals surface area contributed by atoms with E-state index in [1.165, 1.54) is 11.8 Å². The Labute approximate surface area is 74.9 Å². The summed E-state index contributed by atoms with van der Waals surface area (Å²) in [6.07, 6.45) is 1.90. The molecule has 12 heavy (non-hydrogen) atoms. The van der Waals surface area contributed by atoms with E-state index in [4.69, 9.17) is 0 Å². The molecule has 0 saturated heterocycles. The van der Waals surface area contributed by atoms with Crippen LogP contribution in [0.5, 0.6) is 0 Å². The Morgan fingerprint density at radius 2 is 2.08 bits per heavy atom. The van der Waals surface area contributed by atoms with Crippen LogP contribution in [0.15, 0.2) is 23.1 Å². The van der Waals surface area contributed by atoms with Crippen LogP contribution in [0, 0.1) is 17.0 Å². The highest BCUT2D eigenvalue weighted by atomic mass is 32.2. The third kappa shape index (κ3) is 1.98. The van der Waals surface area contributed by atoms with Crippen molar-refractivity contribution in [3.8, 4) is 0 Å². The number of nitro benzene ring substituents is 1. The van der Waals surface area contributed by atoms with E-state index in [0.717, 1.165) is 10.5 Å². The molecule has 0 N–H and O–H groups in total. The number of thioether (sulfide) groups is 1. The standard InChI is InChI=1S/C8H9NO2S/c1-6-3-7(9(10)11)5-8(4-6)12-2/h3-5H,1-2H3. The SMILES string of the molecule is CSc1cc(C)cc([N+](=O)[O-])c1. The molecule has 0 aromatic heterocycles. The van der Waals surface area contributed by atoms with Crippen molar-refractivity contribution in [2.45, 2.75) is 11.8 Å². The lowest BCUT2D eigenvalue weighted by Gasteiger charge is -1.98. The summed E-state index contributed by atoms with van der Waals surface area (Å²) >= 11 is 1.51. The van der Waals surface area contributed by atoms with E-state index in [2.05, 4.69) is 0 Å². The van der Waals surface area contributed by atoms with Crippen LogP contribution >= 0.6 is 11.8 Å². The van der Waals surface area contributed by atoms with Gasteiger partial charge in [0.05, 0.1) is 4.92 Å². The molecule has 64 valence electrons. The van der Waals surface area contributed by atoms with Crippen molar-refractivity contribution in [3.63, 3.8) is 0 Å². The summed E-state index contributed by atoms with van der Waals surface area (Å²) in [4.78, 5) is 11.0. The van der Waals surface area contributed by atoms with Crippen LogP contribution in [0.1, 0.15) is 5.56 Å². The monoisotopic (exact) mass is 183 g/mol. The van der Waals surface area contributed by atoms with E-state index < -0.39 is 0 Å². The largest absolute Gasteiger partial charge is 0.270 e. The normalized spacial score (nSPS) is 9.83. The van der Waals surface area contributed by atoms with Gasteiger partial charge in [-0.25, -0.2) is 0 Å². The van der Waals surface area contributed by atoms with Crippen LogP contribution in [-0.2, 0) is 0 Å². The molecule has 0 aliphatic carbocycles. The van der Waals surface area contributed by atoms with Crippen molar-refractivity contribution in [1.29, 1.82) is 0 Å². The molecule has 0 atom stereocenters. The molecule has 0 bridgehead atoms. The van der Waals surface area contributed by atoms with E-state index in [9.17, 15) is 10.1 Å². The number of hydrogen-bond acceptors (Lipinski definition) is 3. The Morgan fingerprint density at radius 3 is 2.58 bits per heavy atom. The molecule has 0 heterocycles. The molecular weight excluding hydrogens is 174 g/mol. The quantitative estimate of drug-likeness (QED) is 0.402. The molecule has 0 aliphatic rings. The van der Waals surface area contributed by atoms with E-state index in [1.54, 1.807) is 12.1 Å². The minimum atomic E-state index is -0.368. The van der Waals surface area contributed by atoms with Gasteiger partial charge in [0.2, 0.25) is 0 Å². The smallest absolute Gasteiger partial charge is 0.258 e. The Hall–Kier alpha value is -1.03. The summed E-state index contributed by atoms with van der Waals surface area (Å²) in [5.41, 5.74) is 1.09. The van der Waals surface area contributed by atoms with E-state index in [0.29, 0.717) is 0 Å². The minimum absolute atomic E-state index is 0.166. The van der Waals surface area contributed by atoms with Crippen molar-refractivity contribution >= 4 is 17.4 Å². The average molecular weight is 183 g/mol. The summed E-state index contributed by atoms with van der Waals surface area (Å²) in [6, 6.07) is 5.08. The van der Waals surface area contributed by atoms with Gasteiger partial charge in [-0.15, -0.1) is 11.8 Å². The third-order valence-corrected chi connectivity index (χ3v) is 2.19. The molecule has 0 aliphatic heterocycles. The zero-order chi connectivity index (χ0) is 9.14. The molecule has 0 unspecified atom stereocenters. The second kappa shape index (κ2) is 3.58. The molecule has 0 fully saturated rings. The fourth-order valence-corrected chi connectivity index (χ4v) is 1.49. The van der Waals surface area contributed by atoms with E-state index in [-0.39, 0.29) is 10.6 Å². The van der Waals surface area contributed by atoms with Crippen molar-refractivity contribution in [2.24, 2.45) is 0 Å². The van der Waals surface area contributed by atoms with Crippen LogP contribution in [0.4, 0.5) is 5.69 Å². The number of hydrogen-bond donors (Lipinski definition) is 0. The highest BCUT2D eigenvalue weighted by Crippen LogP contribution is 2.22. The van der Waals surface area contributed by atoms with Crippen LogP contribution in [0.3, 0.4) is 0 Å². The molecule has 0 saturated carbocycles. The van der Waals surface area contributed by atoms with Crippen LogP contribution in [-0.4, -0.2) is 11.2 Å². The van der Waals surface area contributed by atoms with E-state index >= 15 is 0 Å². The molecule has 0 amide bonds. The summed E-state index contributed by atoms with van der Waals surface area (Å²) in [5, 5.41) is 10.4. The Bertz CT molecular complexity index is 312. The molecule has 4 heteroatoms. The van der Waals surface area contributed by atoms with Gasteiger partial charge < -0.3 is 0 Å². The first kappa shape index (κ1) is 9.06. The minimum Gasteiger partial charge on any atom is -0.258 e.